The lowest BCUT2D eigenvalue weighted by atomic mass is 9.82. The molecule has 3 heterocycles. The summed E-state index contributed by atoms with van der Waals surface area (Å²) in [4.78, 5) is 17.6. The van der Waals surface area contributed by atoms with Crippen molar-refractivity contribution < 1.29 is 9.90 Å². The van der Waals surface area contributed by atoms with Crippen LogP contribution >= 0.6 is 0 Å². The highest BCUT2D eigenvalue weighted by Gasteiger charge is 2.35. The van der Waals surface area contributed by atoms with Crippen LogP contribution in [-0.2, 0) is 0 Å². The van der Waals surface area contributed by atoms with Gasteiger partial charge < -0.3 is 10.0 Å². The van der Waals surface area contributed by atoms with Crippen LogP contribution in [0.2, 0.25) is 0 Å². The Balaban J connectivity index is 2.01. The quantitative estimate of drug-likeness (QED) is 0.879. The fourth-order valence-corrected chi connectivity index (χ4v) is 2.88. The zero-order chi connectivity index (χ0) is 15.9. The molecule has 1 unspecified atom stereocenters. The average molecular weight is 300 g/mol. The second-order valence-electron chi connectivity index (χ2n) is 6.68. The van der Waals surface area contributed by atoms with Crippen molar-refractivity contribution in [3.63, 3.8) is 0 Å². The van der Waals surface area contributed by atoms with E-state index in [0.29, 0.717) is 13.0 Å². The minimum atomic E-state index is -0.866. The summed E-state index contributed by atoms with van der Waals surface area (Å²) in [5.41, 5.74) is 2.63. The highest BCUT2D eigenvalue weighted by molar-refractivity contribution is 5.71. The van der Waals surface area contributed by atoms with E-state index in [0.717, 1.165) is 16.9 Å². The van der Waals surface area contributed by atoms with Gasteiger partial charge in [0.1, 0.15) is 0 Å². The third kappa shape index (κ3) is 2.56. The SMILES string of the molecule is CC(C)(C)C1C=C(c2ccn3nccc3n2)CCN1C(=O)O. The first kappa shape index (κ1) is 14.6. The summed E-state index contributed by atoms with van der Waals surface area (Å²) < 4.78 is 1.72. The van der Waals surface area contributed by atoms with Gasteiger partial charge in [-0.25, -0.2) is 14.3 Å². The summed E-state index contributed by atoms with van der Waals surface area (Å²) in [7, 11) is 0. The summed E-state index contributed by atoms with van der Waals surface area (Å²) in [6.45, 7) is 6.66. The van der Waals surface area contributed by atoms with Crippen LogP contribution in [-0.4, -0.2) is 43.3 Å². The van der Waals surface area contributed by atoms with E-state index >= 15 is 0 Å². The monoisotopic (exact) mass is 300 g/mol. The van der Waals surface area contributed by atoms with Gasteiger partial charge in [-0.2, -0.15) is 5.10 Å². The van der Waals surface area contributed by atoms with Crippen molar-refractivity contribution >= 4 is 17.3 Å². The highest BCUT2D eigenvalue weighted by atomic mass is 16.4. The molecule has 1 amide bonds. The molecule has 3 rings (SSSR count). The average Bonchev–Trinajstić information content (AvgIpc) is 2.93. The predicted octanol–water partition coefficient (Wildman–Crippen LogP) is 2.91. The van der Waals surface area contributed by atoms with Crippen LogP contribution < -0.4 is 0 Å². The number of hydrogen-bond donors (Lipinski definition) is 1. The van der Waals surface area contributed by atoms with Crippen molar-refractivity contribution in [1.29, 1.82) is 0 Å². The van der Waals surface area contributed by atoms with Crippen molar-refractivity contribution in [2.45, 2.75) is 33.2 Å². The number of rotatable bonds is 1. The maximum atomic E-state index is 11.5. The lowest BCUT2D eigenvalue weighted by Crippen LogP contribution is -2.48. The molecule has 6 nitrogen and oxygen atoms in total. The number of amides is 1. The Bertz CT molecular complexity index is 742. The summed E-state index contributed by atoms with van der Waals surface area (Å²) in [6, 6.07) is 3.64. The van der Waals surface area contributed by atoms with Crippen molar-refractivity contribution in [2.24, 2.45) is 5.41 Å². The van der Waals surface area contributed by atoms with Crippen molar-refractivity contribution in [1.82, 2.24) is 19.5 Å². The summed E-state index contributed by atoms with van der Waals surface area (Å²) in [5, 5.41) is 13.6. The molecular formula is C16H20N4O2. The summed E-state index contributed by atoms with van der Waals surface area (Å²) >= 11 is 0. The Morgan fingerprint density at radius 3 is 2.82 bits per heavy atom. The molecule has 0 saturated heterocycles. The van der Waals surface area contributed by atoms with E-state index in [4.69, 9.17) is 0 Å². The second-order valence-corrected chi connectivity index (χ2v) is 6.68. The topological polar surface area (TPSA) is 70.7 Å². The molecule has 0 spiro atoms. The maximum Gasteiger partial charge on any atom is 0.407 e. The van der Waals surface area contributed by atoms with Crippen molar-refractivity contribution in [2.75, 3.05) is 6.54 Å². The van der Waals surface area contributed by atoms with E-state index in [-0.39, 0.29) is 11.5 Å². The van der Waals surface area contributed by atoms with Gasteiger partial charge in [-0.3, -0.25) is 0 Å². The smallest absolute Gasteiger partial charge is 0.407 e. The Hall–Kier alpha value is -2.37. The normalized spacial score (nSPS) is 19.3. The molecule has 2 aromatic rings. The number of hydrogen-bond acceptors (Lipinski definition) is 3. The van der Waals surface area contributed by atoms with Gasteiger partial charge in [0.25, 0.3) is 0 Å². The van der Waals surface area contributed by atoms with Crippen LogP contribution in [0.25, 0.3) is 11.2 Å². The van der Waals surface area contributed by atoms with Crippen molar-refractivity contribution in [3.8, 4) is 0 Å². The van der Waals surface area contributed by atoms with Gasteiger partial charge in [0.05, 0.1) is 17.9 Å². The van der Waals surface area contributed by atoms with Gasteiger partial charge in [0.2, 0.25) is 0 Å². The van der Waals surface area contributed by atoms with E-state index in [1.54, 1.807) is 10.7 Å². The zero-order valence-corrected chi connectivity index (χ0v) is 13.0. The molecule has 0 bridgehead atoms. The number of carboxylic acid groups (broad SMARTS) is 1. The van der Waals surface area contributed by atoms with E-state index in [9.17, 15) is 9.90 Å². The van der Waals surface area contributed by atoms with Crippen LogP contribution in [0.1, 0.15) is 32.9 Å². The molecule has 0 radical (unpaired) electrons. The standard InChI is InChI=1S/C16H20N4O2/c1-16(2,3)13-10-11(5-8-19(13)15(21)22)12-6-9-20-14(18-12)4-7-17-20/h4,6-7,9-10,13H,5,8H2,1-3H3,(H,21,22). The van der Waals surface area contributed by atoms with Gasteiger partial charge in [-0.1, -0.05) is 26.8 Å². The Kier molecular flexibility index (Phi) is 3.39. The van der Waals surface area contributed by atoms with E-state index in [1.165, 1.54) is 4.90 Å². The number of aromatic nitrogens is 3. The van der Waals surface area contributed by atoms with E-state index in [1.807, 2.05) is 24.4 Å². The third-order valence-electron chi connectivity index (χ3n) is 4.04. The van der Waals surface area contributed by atoms with E-state index < -0.39 is 6.09 Å². The molecule has 6 heteroatoms. The van der Waals surface area contributed by atoms with Crippen LogP contribution in [0.5, 0.6) is 0 Å². The number of carbonyl (C=O) groups is 1. The highest BCUT2D eigenvalue weighted by Crippen LogP contribution is 2.33. The zero-order valence-electron chi connectivity index (χ0n) is 13.0. The van der Waals surface area contributed by atoms with Gasteiger partial charge in [-0.05, 0) is 23.5 Å². The van der Waals surface area contributed by atoms with Gasteiger partial charge >= 0.3 is 6.09 Å². The Morgan fingerprint density at radius 1 is 1.36 bits per heavy atom. The molecule has 1 aliphatic rings. The molecule has 0 aliphatic carbocycles. The number of fused-ring (bicyclic) bond motifs is 1. The fraction of sp³-hybridized carbons (Fsp3) is 0.438. The minimum Gasteiger partial charge on any atom is -0.465 e. The second kappa shape index (κ2) is 5.12. The van der Waals surface area contributed by atoms with Gasteiger partial charge in [0.15, 0.2) is 5.65 Å². The van der Waals surface area contributed by atoms with Crippen LogP contribution in [0.4, 0.5) is 4.79 Å². The third-order valence-corrected chi connectivity index (χ3v) is 4.04. The molecule has 0 fully saturated rings. The molecule has 22 heavy (non-hydrogen) atoms. The predicted molar refractivity (Wildman–Crippen MR) is 83.6 cm³/mol. The molecule has 0 saturated carbocycles. The largest absolute Gasteiger partial charge is 0.465 e. The molecule has 0 aromatic carbocycles. The first-order valence-electron chi connectivity index (χ1n) is 7.37. The Labute approximate surface area is 129 Å². The van der Waals surface area contributed by atoms with Gasteiger partial charge in [-0.15, -0.1) is 0 Å². The maximum absolute atomic E-state index is 11.5. The Morgan fingerprint density at radius 2 is 2.14 bits per heavy atom. The van der Waals surface area contributed by atoms with Crippen molar-refractivity contribution in [3.05, 3.63) is 36.3 Å². The molecule has 1 N–H and O–H groups in total. The molecule has 116 valence electrons. The van der Waals surface area contributed by atoms with Gasteiger partial charge in [0, 0.05) is 18.8 Å². The summed E-state index contributed by atoms with van der Waals surface area (Å²) in [6.07, 6.45) is 5.46. The van der Waals surface area contributed by atoms with E-state index in [2.05, 4.69) is 30.9 Å². The van der Waals surface area contributed by atoms with Crippen LogP contribution in [0.3, 0.4) is 0 Å². The first-order chi connectivity index (χ1) is 10.4. The molecular weight excluding hydrogens is 280 g/mol. The molecule has 1 aliphatic heterocycles. The molecule has 1 atom stereocenters. The minimum absolute atomic E-state index is 0.156. The number of nitrogens with zero attached hydrogens (tertiary/aromatic N) is 4. The molecule has 2 aromatic heterocycles. The summed E-state index contributed by atoms with van der Waals surface area (Å²) in [5.74, 6) is 0. The fourth-order valence-electron chi connectivity index (χ4n) is 2.88. The van der Waals surface area contributed by atoms with Crippen LogP contribution in [0.15, 0.2) is 30.6 Å². The first-order valence-corrected chi connectivity index (χ1v) is 7.37. The van der Waals surface area contributed by atoms with Crippen LogP contribution in [0, 0.1) is 5.41 Å². The lowest BCUT2D eigenvalue weighted by Gasteiger charge is -2.40. The lowest BCUT2D eigenvalue weighted by molar-refractivity contribution is 0.1000.